The van der Waals surface area contributed by atoms with Crippen molar-refractivity contribution < 1.29 is 8.78 Å². The van der Waals surface area contributed by atoms with Crippen LogP contribution in [0.3, 0.4) is 0 Å². The minimum absolute atomic E-state index is 0.337. The maximum Gasteiger partial charge on any atom is 0.126 e. The van der Waals surface area contributed by atoms with Gasteiger partial charge in [-0.2, -0.15) is 0 Å². The molecular weight excluding hydrogens is 222 g/mol. The van der Waals surface area contributed by atoms with Gasteiger partial charge in [-0.25, -0.2) is 14.2 Å². The molecule has 0 bridgehead atoms. The minimum Gasteiger partial charge on any atom is -0.321 e. The topological polar surface area (TPSA) is 24.1 Å². The van der Waals surface area contributed by atoms with Crippen LogP contribution < -0.4 is 10.9 Å². The highest BCUT2D eigenvalue weighted by Gasteiger charge is 1.99. The molecule has 0 aromatic heterocycles. The molecule has 2 aromatic rings. The number of anilines is 1. The van der Waals surface area contributed by atoms with Crippen LogP contribution in [0.4, 0.5) is 14.5 Å². The van der Waals surface area contributed by atoms with Crippen LogP contribution in [0.15, 0.2) is 48.5 Å². The molecule has 0 spiro atoms. The Kier molecular flexibility index (Phi) is 3.67. The summed E-state index contributed by atoms with van der Waals surface area (Å²) in [6.07, 6.45) is 0. The highest BCUT2D eigenvalue weighted by atomic mass is 19.1. The molecule has 4 heteroatoms. The molecule has 2 N–H and O–H groups in total. The molecule has 2 aromatic carbocycles. The summed E-state index contributed by atoms with van der Waals surface area (Å²) in [7, 11) is 0. The molecule has 0 radical (unpaired) electrons. The molecule has 0 aliphatic heterocycles. The number of hydrazine groups is 1. The Bertz CT molecular complexity index is 466. The summed E-state index contributed by atoms with van der Waals surface area (Å²) in [4.78, 5) is 0. The second kappa shape index (κ2) is 5.41. The van der Waals surface area contributed by atoms with Crippen molar-refractivity contribution in [2.75, 3.05) is 5.43 Å². The fourth-order valence-electron chi connectivity index (χ4n) is 1.48. The summed E-state index contributed by atoms with van der Waals surface area (Å²) in [6, 6.07) is 12.9. The van der Waals surface area contributed by atoms with Crippen LogP contribution >= 0.6 is 0 Å². The first-order valence-electron chi connectivity index (χ1n) is 5.23. The van der Waals surface area contributed by atoms with E-state index in [0.717, 1.165) is 11.8 Å². The Hall–Kier alpha value is -1.94. The average molecular weight is 234 g/mol. The van der Waals surface area contributed by atoms with Gasteiger partial charge in [0.05, 0.1) is 0 Å². The van der Waals surface area contributed by atoms with E-state index in [9.17, 15) is 8.78 Å². The summed E-state index contributed by atoms with van der Waals surface area (Å²) in [6.45, 7) is 0.337. The van der Waals surface area contributed by atoms with Crippen LogP contribution in [0, 0.1) is 11.6 Å². The predicted octanol–water partition coefficient (Wildman–Crippen LogP) is 3.08. The van der Waals surface area contributed by atoms with E-state index in [1.807, 2.05) is 30.3 Å². The molecule has 0 unspecified atom stereocenters. The Morgan fingerprint density at radius 1 is 0.882 bits per heavy atom. The normalized spacial score (nSPS) is 10.2. The third-order valence-corrected chi connectivity index (χ3v) is 2.22. The second-order valence-corrected chi connectivity index (χ2v) is 3.62. The van der Waals surface area contributed by atoms with Gasteiger partial charge in [-0.3, -0.25) is 0 Å². The zero-order valence-electron chi connectivity index (χ0n) is 9.08. The molecule has 0 atom stereocenters. The summed E-state index contributed by atoms with van der Waals surface area (Å²) in [5, 5.41) is 0. The highest BCUT2D eigenvalue weighted by molar-refractivity contribution is 5.41. The molecule has 0 saturated heterocycles. The van der Waals surface area contributed by atoms with Gasteiger partial charge >= 0.3 is 0 Å². The van der Waals surface area contributed by atoms with Gasteiger partial charge in [0, 0.05) is 18.3 Å². The summed E-state index contributed by atoms with van der Waals surface area (Å²) >= 11 is 0. The van der Waals surface area contributed by atoms with Gasteiger partial charge in [0.25, 0.3) is 0 Å². The lowest BCUT2D eigenvalue weighted by atomic mass is 10.2. The Balaban J connectivity index is 1.90. The van der Waals surface area contributed by atoms with E-state index >= 15 is 0 Å². The number of para-hydroxylation sites is 1. The van der Waals surface area contributed by atoms with Gasteiger partial charge in [-0.15, -0.1) is 0 Å². The molecule has 0 fully saturated rings. The highest BCUT2D eigenvalue weighted by Crippen LogP contribution is 2.08. The molecule has 2 rings (SSSR count). The summed E-state index contributed by atoms with van der Waals surface area (Å²) in [5.74, 6) is -1.14. The Morgan fingerprint density at radius 2 is 1.53 bits per heavy atom. The van der Waals surface area contributed by atoms with Gasteiger partial charge in [0.15, 0.2) is 0 Å². The zero-order valence-corrected chi connectivity index (χ0v) is 9.08. The van der Waals surface area contributed by atoms with Crippen molar-refractivity contribution in [2.24, 2.45) is 0 Å². The molecule has 0 amide bonds. The maximum atomic E-state index is 12.9. The van der Waals surface area contributed by atoms with Crippen LogP contribution in [0.25, 0.3) is 0 Å². The molecular formula is C13H12F2N2. The lowest BCUT2D eigenvalue weighted by Crippen LogP contribution is -2.20. The molecule has 17 heavy (non-hydrogen) atoms. The van der Waals surface area contributed by atoms with E-state index in [1.54, 1.807) is 0 Å². The monoisotopic (exact) mass is 234 g/mol. The fourth-order valence-corrected chi connectivity index (χ4v) is 1.48. The van der Waals surface area contributed by atoms with Crippen LogP contribution in [0.2, 0.25) is 0 Å². The number of hydrogen-bond acceptors (Lipinski definition) is 2. The molecule has 2 nitrogen and oxygen atoms in total. The minimum atomic E-state index is -0.568. The molecule has 0 aliphatic carbocycles. The zero-order chi connectivity index (χ0) is 12.1. The Labute approximate surface area is 98.3 Å². The van der Waals surface area contributed by atoms with E-state index in [0.29, 0.717) is 12.1 Å². The number of benzene rings is 2. The first-order chi connectivity index (χ1) is 8.24. The van der Waals surface area contributed by atoms with Gasteiger partial charge < -0.3 is 5.43 Å². The lowest BCUT2D eigenvalue weighted by Gasteiger charge is -2.08. The first kappa shape index (κ1) is 11.5. The van der Waals surface area contributed by atoms with E-state index in [-0.39, 0.29) is 0 Å². The molecule has 88 valence electrons. The standard InChI is InChI=1S/C13H12F2N2/c14-11-6-10(7-12(15)8-11)9-16-17-13-4-2-1-3-5-13/h1-8,16-17H,9H2. The molecule has 0 heterocycles. The quantitative estimate of drug-likeness (QED) is 0.794. The van der Waals surface area contributed by atoms with E-state index < -0.39 is 11.6 Å². The summed E-state index contributed by atoms with van der Waals surface area (Å²) in [5.41, 5.74) is 7.27. The van der Waals surface area contributed by atoms with Crippen LogP contribution in [-0.4, -0.2) is 0 Å². The van der Waals surface area contributed by atoms with Crippen molar-refractivity contribution in [3.05, 3.63) is 65.7 Å². The van der Waals surface area contributed by atoms with Gasteiger partial charge in [0.2, 0.25) is 0 Å². The SMILES string of the molecule is Fc1cc(F)cc(CNNc2ccccc2)c1. The number of halogens is 2. The number of nitrogens with one attached hydrogen (secondary N) is 2. The number of hydrogen-bond donors (Lipinski definition) is 2. The lowest BCUT2D eigenvalue weighted by molar-refractivity contribution is 0.577. The maximum absolute atomic E-state index is 12.9. The smallest absolute Gasteiger partial charge is 0.126 e. The van der Waals surface area contributed by atoms with Gasteiger partial charge in [0.1, 0.15) is 11.6 Å². The van der Waals surface area contributed by atoms with Crippen molar-refractivity contribution >= 4 is 5.69 Å². The van der Waals surface area contributed by atoms with Crippen molar-refractivity contribution in [2.45, 2.75) is 6.54 Å². The molecule has 0 aliphatic rings. The molecule has 0 saturated carbocycles. The predicted molar refractivity (Wildman–Crippen MR) is 63.3 cm³/mol. The summed E-state index contributed by atoms with van der Waals surface area (Å²) < 4.78 is 25.8. The van der Waals surface area contributed by atoms with Gasteiger partial charge in [-0.1, -0.05) is 18.2 Å². The van der Waals surface area contributed by atoms with Crippen LogP contribution in [0.1, 0.15) is 5.56 Å². The van der Waals surface area contributed by atoms with Crippen molar-refractivity contribution in [1.82, 2.24) is 5.43 Å². The van der Waals surface area contributed by atoms with E-state index in [1.165, 1.54) is 12.1 Å². The third-order valence-electron chi connectivity index (χ3n) is 2.22. The van der Waals surface area contributed by atoms with E-state index in [2.05, 4.69) is 10.9 Å². The van der Waals surface area contributed by atoms with E-state index in [4.69, 9.17) is 0 Å². The number of rotatable bonds is 4. The van der Waals surface area contributed by atoms with Crippen LogP contribution in [0.5, 0.6) is 0 Å². The first-order valence-corrected chi connectivity index (χ1v) is 5.23. The largest absolute Gasteiger partial charge is 0.321 e. The fraction of sp³-hybridized carbons (Fsp3) is 0.0769. The van der Waals surface area contributed by atoms with Crippen LogP contribution in [-0.2, 0) is 6.54 Å². The van der Waals surface area contributed by atoms with Crippen molar-refractivity contribution in [1.29, 1.82) is 0 Å². The Morgan fingerprint density at radius 3 is 2.18 bits per heavy atom. The average Bonchev–Trinajstić information content (AvgIpc) is 2.29. The second-order valence-electron chi connectivity index (χ2n) is 3.62. The van der Waals surface area contributed by atoms with Crippen molar-refractivity contribution in [3.63, 3.8) is 0 Å². The third kappa shape index (κ3) is 3.53. The van der Waals surface area contributed by atoms with Crippen molar-refractivity contribution in [3.8, 4) is 0 Å². The van der Waals surface area contributed by atoms with Gasteiger partial charge in [-0.05, 0) is 29.8 Å².